The van der Waals surface area contributed by atoms with Crippen molar-refractivity contribution < 1.29 is 14.3 Å². The summed E-state index contributed by atoms with van der Waals surface area (Å²) in [5.41, 5.74) is 4.30. The second-order valence-corrected chi connectivity index (χ2v) is 7.35. The third-order valence-corrected chi connectivity index (χ3v) is 5.55. The van der Waals surface area contributed by atoms with Crippen molar-refractivity contribution in [1.29, 1.82) is 0 Å². The molecule has 2 aromatic carbocycles. The fourth-order valence-electron chi connectivity index (χ4n) is 3.71. The molecule has 1 amide bonds. The van der Waals surface area contributed by atoms with E-state index in [1.165, 1.54) is 0 Å². The van der Waals surface area contributed by atoms with Crippen molar-refractivity contribution >= 4 is 11.6 Å². The normalized spacial score (nSPS) is 15.9. The van der Waals surface area contributed by atoms with Gasteiger partial charge in [-0.25, -0.2) is 0 Å². The summed E-state index contributed by atoms with van der Waals surface area (Å²) in [5.74, 6) is 1.46. The Morgan fingerprint density at radius 1 is 1.04 bits per heavy atom. The zero-order valence-electron chi connectivity index (χ0n) is 15.6. The molecule has 3 aromatic rings. The number of amides is 1. The number of hydrogen-bond acceptors (Lipinski definition) is 4. The fraction of sp³-hybridized carbons (Fsp3) is 0.217. The van der Waals surface area contributed by atoms with E-state index in [4.69, 9.17) is 9.47 Å². The van der Waals surface area contributed by atoms with E-state index in [0.29, 0.717) is 5.75 Å². The smallest absolute Gasteiger partial charge is 0.235 e. The molecule has 2 heterocycles. The average molecular weight is 372 g/mol. The van der Waals surface area contributed by atoms with Crippen molar-refractivity contribution in [3.05, 3.63) is 71.9 Å². The van der Waals surface area contributed by atoms with Gasteiger partial charge in [0.15, 0.2) is 11.5 Å². The molecule has 140 valence electrons. The molecule has 0 unspecified atom stereocenters. The van der Waals surface area contributed by atoms with Crippen LogP contribution in [0.2, 0.25) is 0 Å². The van der Waals surface area contributed by atoms with Gasteiger partial charge in [-0.1, -0.05) is 18.2 Å². The van der Waals surface area contributed by atoms with Gasteiger partial charge in [0.1, 0.15) is 0 Å². The van der Waals surface area contributed by atoms with Crippen LogP contribution >= 0.6 is 0 Å². The van der Waals surface area contributed by atoms with Crippen molar-refractivity contribution in [3.8, 4) is 22.8 Å². The summed E-state index contributed by atoms with van der Waals surface area (Å²) in [4.78, 5) is 17.6. The summed E-state index contributed by atoms with van der Waals surface area (Å²) in [6, 6.07) is 17.6. The number of anilines is 1. The predicted molar refractivity (Wildman–Crippen MR) is 107 cm³/mol. The Hall–Kier alpha value is -3.34. The second-order valence-electron chi connectivity index (χ2n) is 7.35. The maximum atomic E-state index is 13.1. The van der Waals surface area contributed by atoms with Crippen LogP contribution < -0.4 is 14.8 Å². The number of ether oxygens (including phenoxy) is 2. The number of pyridine rings is 1. The monoisotopic (exact) mass is 372 g/mol. The Kier molecular flexibility index (Phi) is 3.83. The third kappa shape index (κ3) is 2.80. The minimum absolute atomic E-state index is 0.0159. The lowest BCUT2D eigenvalue weighted by atomic mass is 9.94. The Morgan fingerprint density at radius 2 is 1.89 bits per heavy atom. The van der Waals surface area contributed by atoms with E-state index in [-0.39, 0.29) is 12.7 Å². The number of benzene rings is 2. The quantitative estimate of drug-likeness (QED) is 0.735. The van der Waals surface area contributed by atoms with Gasteiger partial charge in [-0.3, -0.25) is 9.78 Å². The second kappa shape index (κ2) is 6.37. The minimum atomic E-state index is -0.489. The molecule has 5 heteroatoms. The molecule has 5 nitrogen and oxygen atoms in total. The molecule has 1 N–H and O–H groups in total. The standard InChI is InChI=1S/C23H20N2O3/c1-15-5-7-17(13-18(15)19-4-2-3-11-24-19)25-22(26)23(9-10-23)16-6-8-20-21(12-16)28-14-27-20/h2-8,11-13H,9-10,14H2,1H3,(H,25,26). The van der Waals surface area contributed by atoms with E-state index in [1.54, 1.807) is 6.20 Å². The van der Waals surface area contributed by atoms with Gasteiger partial charge < -0.3 is 14.8 Å². The molecule has 28 heavy (non-hydrogen) atoms. The van der Waals surface area contributed by atoms with Crippen LogP contribution in [0, 0.1) is 6.92 Å². The number of nitrogens with zero attached hydrogens (tertiary/aromatic N) is 1. The first-order valence-corrected chi connectivity index (χ1v) is 9.39. The van der Waals surface area contributed by atoms with Crippen LogP contribution in [0.1, 0.15) is 24.0 Å². The van der Waals surface area contributed by atoms with E-state index in [9.17, 15) is 4.79 Å². The number of aryl methyl sites for hydroxylation is 1. The number of fused-ring (bicyclic) bond motifs is 1. The van der Waals surface area contributed by atoms with Gasteiger partial charge in [0.2, 0.25) is 12.7 Å². The Labute approximate surface area is 163 Å². The van der Waals surface area contributed by atoms with Gasteiger partial charge in [-0.15, -0.1) is 0 Å². The molecule has 1 saturated carbocycles. The molecule has 2 aliphatic rings. The highest BCUT2D eigenvalue weighted by Crippen LogP contribution is 2.51. The van der Waals surface area contributed by atoms with Gasteiger partial charge >= 0.3 is 0 Å². The number of rotatable bonds is 4. The van der Waals surface area contributed by atoms with Gasteiger partial charge in [0.05, 0.1) is 11.1 Å². The molecular weight excluding hydrogens is 352 g/mol. The van der Waals surface area contributed by atoms with Crippen LogP contribution in [0.25, 0.3) is 11.3 Å². The number of aromatic nitrogens is 1. The first kappa shape index (κ1) is 16.8. The molecule has 0 radical (unpaired) electrons. The molecule has 1 aliphatic carbocycles. The molecule has 1 aromatic heterocycles. The Bertz CT molecular complexity index is 1060. The molecule has 0 bridgehead atoms. The van der Waals surface area contributed by atoms with E-state index < -0.39 is 5.41 Å². The predicted octanol–water partition coefficient (Wildman–Crippen LogP) is 4.46. The average Bonchev–Trinajstić information content (AvgIpc) is 3.41. The van der Waals surface area contributed by atoms with E-state index in [0.717, 1.165) is 46.7 Å². The molecule has 0 spiro atoms. The number of carbonyl (C=O) groups excluding carboxylic acids is 1. The van der Waals surface area contributed by atoms with Crippen LogP contribution in [0.4, 0.5) is 5.69 Å². The summed E-state index contributed by atoms with van der Waals surface area (Å²) < 4.78 is 10.9. The fourth-order valence-corrected chi connectivity index (χ4v) is 3.71. The summed E-state index contributed by atoms with van der Waals surface area (Å²) in [5, 5.41) is 3.11. The maximum absolute atomic E-state index is 13.1. The Morgan fingerprint density at radius 3 is 2.68 bits per heavy atom. The lowest BCUT2D eigenvalue weighted by molar-refractivity contribution is -0.118. The summed E-state index contributed by atoms with van der Waals surface area (Å²) in [6.07, 6.45) is 3.44. The lowest BCUT2D eigenvalue weighted by Crippen LogP contribution is -2.27. The van der Waals surface area contributed by atoms with Crippen molar-refractivity contribution in [3.63, 3.8) is 0 Å². The summed E-state index contributed by atoms with van der Waals surface area (Å²) in [6.45, 7) is 2.28. The zero-order valence-corrected chi connectivity index (χ0v) is 15.6. The lowest BCUT2D eigenvalue weighted by Gasteiger charge is -2.17. The summed E-state index contributed by atoms with van der Waals surface area (Å²) in [7, 11) is 0. The SMILES string of the molecule is Cc1ccc(NC(=O)C2(c3ccc4c(c3)OCO4)CC2)cc1-c1ccccn1. The zero-order chi connectivity index (χ0) is 19.1. The van der Waals surface area contributed by atoms with E-state index in [1.807, 2.05) is 61.5 Å². The minimum Gasteiger partial charge on any atom is -0.454 e. The first-order valence-electron chi connectivity index (χ1n) is 9.39. The molecule has 1 fully saturated rings. The van der Waals surface area contributed by atoms with Crippen molar-refractivity contribution in [2.45, 2.75) is 25.2 Å². The van der Waals surface area contributed by atoms with Crippen LogP contribution in [0.15, 0.2) is 60.8 Å². The first-order chi connectivity index (χ1) is 13.7. The number of carbonyl (C=O) groups is 1. The van der Waals surface area contributed by atoms with Gasteiger partial charge in [0.25, 0.3) is 0 Å². The molecule has 0 saturated heterocycles. The molecule has 5 rings (SSSR count). The van der Waals surface area contributed by atoms with Crippen LogP contribution in [-0.4, -0.2) is 17.7 Å². The van der Waals surface area contributed by atoms with Crippen LogP contribution in [0.5, 0.6) is 11.5 Å². The van der Waals surface area contributed by atoms with E-state index >= 15 is 0 Å². The molecular formula is C23H20N2O3. The highest BCUT2D eigenvalue weighted by Gasteiger charge is 2.51. The van der Waals surface area contributed by atoms with Gasteiger partial charge in [-0.05, 0) is 67.3 Å². The number of hydrogen-bond donors (Lipinski definition) is 1. The molecule has 0 atom stereocenters. The molecule has 1 aliphatic heterocycles. The van der Waals surface area contributed by atoms with Crippen LogP contribution in [0.3, 0.4) is 0 Å². The Balaban J connectivity index is 1.41. The van der Waals surface area contributed by atoms with Crippen molar-refractivity contribution in [2.24, 2.45) is 0 Å². The highest BCUT2D eigenvalue weighted by atomic mass is 16.7. The van der Waals surface area contributed by atoms with E-state index in [2.05, 4.69) is 10.3 Å². The van der Waals surface area contributed by atoms with Crippen molar-refractivity contribution in [1.82, 2.24) is 4.98 Å². The maximum Gasteiger partial charge on any atom is 0.235 e. The topological polar surface area (TPSA) is 60.5 Å². The third-order valence-electron chi connectivity index (χ3n) is 5.55. The van der Waals surface area contributed by atoms with Gasteiger partial charge in [-0.2, -0.15) is 0 Å². The highest BCUT2D eigenvalue weighted by molar-refractivity contribution is 6.02. The van der Waals surface area contributed by atoms with Crippen molar-refractivity contribution in [2.75, 3.05) is 12.1 Å². The van der Waals surface area contributed by atoms with Crippen LogP contribution in [-0.2, 0) is 10.2 Å². The van der Waals surface area contributed by atoms with Gasteiger partial charge in [0, 0.05) is 17.4 Å². The number of nitrogens with one attached hydrogen (secondary N) is 1. The largest absolute Gasteiger partial charge is 0.454 e. The summed E-state index contributed by atoms with van der Waals surface area (Å²) >= 11 is 0.